The van der Waals surface area contributed by atoms with Gasteiger partial charge in [-0.2, -0.15) is 5.10 Å². The minimum Gasteiger partial charge on any atom is -0.494 e. The number of methoxy groups -OCH3 is 1. The highest BCUT2D eigenvalue weighted by Crippen LogP contribution is 2.32. The molecule has 4 heterocycles. The van der Waals surface area contributed by atoms with Crippen LogP contribution >= 0.6 is 0 Å². The van der Waals surface area contributed by atoms with E-state index in [0.29, 0.717) is 51.0 Å². The van der Waals surface area contributed by atoms with Gasteiger partial charge in [0.15, 0.2) is 5.76 Å². The lowest BCUT2D eigenvalue weighted by Gasteiger charge is -2.54. The first-order chi connectivity index (χ1) is 16.1. The second-order valence-corrected chi connectivity index (χ2v) is 8.31. The van der Waals surface area contributed by atoms with Gasteiger partial charge in [0.2, 0.25) is 11.7 Å². The number of benzene rings is 1. The van der Waals surface area contributed by atoms with Crippen LogP contribution in [0.5, 0.6) is 0 Å². The fourth-order valence-electron chi connectivity index (χ4n) is 4.62. The van der Waals surface area contributed by atoms with Crippen LogP contribution in [0, 0.1) is 0 Å². The lowest BCUT2D eigenvalue weighted by molar-refractivity contribution is -0.152. The van der Waals surface area contributed by atoms with Crippen molar-refractivity contribution in [3.05, 3.63) is 60.2 Å². The molecule has 174 valence electrons. The number of nitrogens with one attached hydrogen (secondary N) is 1. The van der Waals surface area contributed by atoms with E-state index >= 15 is 0 Å². The second-order valence-electron chi connectivity index (χ2n) is 8.31. The Balaban J connectivity index is 1.55. The molecule has 0 aliphatic carbocycles. The molecule has 1 atom stereocenters. The van der Waals surface area contributed by atoms with Crippen molar-refractivity contribution >= 4 is 11.7 Å². The molecule has 0 saturated carbocycles. The van der Waals surface area contributed by atoms with Crippen molar-refractivity contribution in [3.63, 3.8) is 0 Å². The topological polar surface area (TPSA) is 87.5 Å². The van der Waals surface area contributed by atoms with Crippen LogP contribution in [0.3, 0.4) is 0 Å². The van der Waals surface area contributed by atoms with E-state index in [1.54, 1.807) is 24.4 Å². The Labute approximate surface area is 193 Å². The predicted octanol–water partition coefficient (Wildman–Crippen LogP) is 0.470. The summed E-state index contributed by atoms with van der Waals surface area (Å²) in [4.78, 5) is 23.6. The van der Waals surface area contributed by atoms with E-state index in [0.717, 1.165) is 11.3 Å². The first kappa shape index (κ1) is 21.6. The highest BCUT2D eigenvalue weighted by atomic mass is 16.5. The third-order valence-corrected chi connectivity index (χ3v) is 6.44. The molecule has 1 aromatic heterocycles. The Kier molecular flexibility index (Phi) is 5.88. The average molecular weight is 452 g/mol. The molecule has 1 aromatic carbocycles. The molecular formula is C23H29N7O3. The lowest BCUT2D eigenvalue weighted by Crippen LogP contribution is -2.76. The fraction of sp³-hybridized carbons (Fsp3) is 0.435. The Bertz CT molecular complexity index is 1060. The first-order valence-corrected chi connectivity index (χ1v) is 11.1. The van der Waals surface area contributed by atoms with Crippen molar-refractivity contribution in [3.8, 4) is 5.69 Å². The molecule has 2 aromatic rings. The van der Waals surface area contributed by atoms with Gasteiger partial charge in [-0.15, -0.1) is 0 Å². The number of amides is 1. The van der Waals surface area contributed by atoms with Crippen LogP contribution in [0.2, 0.25) is 0 Å². The number of amidine groups is 1. The average Bonchev–Trinajstić information content (AvgIpc) is 3.41. The molecule has 3 aliphatic heterocycles. The van der Waals surface area contributed by atoms with Crippen LogP contribution in [-0.2, 0) is 14.3 Å². The van der Waals surface area contributed by atoms with Crippen LogP contribution in [0.1, 0.15) is 5.56 Å². The maximum absolute atomic E-state index is 12.7. The van der Waals surface area contributed by atoms with Crippen molar-refractivity contribution < 1.29 is 14.3 Å². The van der Waals surface area contributed by atoms with Gasteiger partial charge in [-0.3, -0.25) is 14.6 Å². The Hall–Kier alpha value is -3.21. The molecule has 1 unspecified atom stereocenters. The summed E-state index contributed by atoms with van der Waals surface area (Å²) in [6, 6.07) is 9.95. The van der Waals surface area contributed by atoms with Gasteiger partial charge in [0, 0.05) is 51.2 Å². The van der Waals surface area contributed by atoms with Gasteiger partial charge in [0.25, 0.3) is 0 Å². The summed E-state index contributed by atoms with van der Waals surface area (Å²) in [5.74, 6) is 0.612. The van der Waals surface area contributed by atoms with E-state index in [2.05, 4.69) is 20.2 Å². The summed E-state index contributed by atoms with van der Waals surface area (Å²) in [6.07, 6.45) is 5.43. The maximum Gasteiger partial charge on any atom is 0.236 e. The number of carbonyl (C=O) groups is 1. The maximum atomic E-state index is 12.7. The number of rotatable bonds is 5. The standard InChI is InChI=1S/C23H29N7O3/c1-27-9-10-29(17-21(27)31)23(28-11-13-33-14-12-28)20(32-2)16-24-22(26-23)18-5-3-6-19(15-18)30-8-4-7-25-30/h3-8,15-16H,9-14,17H2,1-2H3,(H,24,26). The lowest BCUT2D eigenvalue weighted by atomic mass is 10.1. The number of aromatic nitrogens is 2. The summed E-state index contributed by atoms with van der Waals surface area (Å²) < 4.78 is 13.3. The van der Waals surface area contributed by atoms with Gasteiger partial charge in [0.05, 0.1) is 38.8 Å². The quantitative estimate of drug-likeness (QED) is 0.707. The van der Waals surface area contributed by atoms with E-state index in [1.807, 2.05) is 48.3 Å². The van der Waals surface area contributed by atoms with Crippen molar-refractivity contribution in [1.82, 2.24) is 29.8 Å². The van der Waals surface area contributed by atoms with Crippen molar-refractivity contribution in [2.24, 2.45) is 4.99 Å². The van der Waals surface area contributed by atoms with E-state index in [-0.39, 0.29) is 12.5 Å². The third kappa shape index (κ3) is 3.90. The van der Waals surface area contributed by atoms with Crippen LogP contribution in [-0.4, -0.2) is 102 Å². The van der Waals surface area contributed by atoms with E-state index in [1.165, 1.54) is 0 Å². The molecule has 0 radical (unpaired) electrons. The summed E-state index contributed by atoms with van der Waals surface area (Å²) in [5.41, 5.74) is 1.86. The minimum atomic E-state index is -0.839. The van der Waals surface area contributed by atoms with E-state index < -0.39 is 5.79 Å². The van der Waals surface area contributed by atoms with Gasteiger partial charge in [-0.1, -0.05) is 12.1 Å². The zero-order valence-electron chi connectivity index (χ0n) is 19.0. The van der Waals surface area contributed by atoms with Crippen LogP contribution in [0.15, 0.2) is 59.7 Å². The van der Waals surface area contributed by atoms with Crippen LogP contribution < -0.4 is 5.32 Å². The molecule has 2 fully saturated rings. The molecule has 2 saturated heterocycles. The highest BCUT2D eigenvalue weighted by Gasteiger charge is 2.51. The van der Waals surface area contributed by atoms with Gasteiger partial charge in [0.1, 0.15) is 5.84 Å². The molecule has 0 spiro atoms. The fourth-order valence-corrected chi connectivity index (χ4v) is 4.62. The Morgan fingerprint density at radius 2 is 1.97 bits per heavy atom. The molecular weight excluding hydrogens is 422 g/mol. The molecule has 1 amide bonds. The number of hydrogen-bond donors (Lipinski definition) is 1. The molecule has 33 heavy (non-hydrogen) atoms. The minimum absolute atomic E-state index is 0.0795. The number of morpholine rings is 1. The Morgan fingerprint density at radius 1 is 1.12 bits per heavy atom. The molecule has 3 aliphatic rings. The zero-order valence-corrected chi connectivity index (χ0v) is 19.0. The summed E-state index contributed by atoms with van der Waals surface area (Å²) in [7, 11) is 3.50. The molecule has 10 nitrogen and oxygen atoms in total. The van der Waals surface area contributed by atoms with Gasteiger partial charge < -0.3 is 19.7 Å². The second kappa shape index (κ2) is 8.97. The van der Waals surface area contributed by atoms with Gasteiger partial charge >= 0.3 is 0 Å². The number of carbonyl (C=O) groups excluding carboxylic acids is 1. The third-order valence-electron chi connectivity index (χ3n) is 6.44. The van der Waals surface area contributed by atoms with E-state index in [9.17, 15) is 4.79 Å². The van der Waals surface area contributed by atoms with Crippen LogP contribution in [0.4, 0.5) is 0 Å². The monoisotopic (exact) mass is 451 g/mol. The number of hydrogen-bond acceptors (Lipinski definition) is 8. The summed E-state index contributed by atoms with van der Waals surface area (Å²) >= 11 is 0. The zero-order chi connectivity index (χ0) is 22.8. The highest BCUT2D eigenvalue weighted by molar-refractivity contribution is 6.01. The van der Waals surface area contributed by atoms with Crippen molar-refractivity contribution in [2.45, 2.75) is 5.79 Å². The number of aliphatic imine (C=N–C) groups is 1. The smallest absolute Gasteiger partial charge is 0.236 e. The van der Waals surface area contributed by atoms with Crippen molar-refractivity contribution in [1.29, 1.82) is 0 Å². The summed E-state index contributed by atoms with van der Waals surface area (Å²) in [6.45, 7) is 4.26. The summed E-state index contributed by atoms with van der Waals surface area (Å²) in [5, 5.41) is 8.03. The number of ether oxygens (including phenoxy) is 2. The Morgan fingerprint density at radius 3 is 2.70 bits per heavy atom. The molecule has 5 rings (SSSR count). The molecule has 0 bridgehead atoms. The van der Waals surface area contributed by atoms with E-state index in [4.69, 9.17) is 14.5 Å². The number of nitrogens with zero attached hydrogens (tertiary/aromatic N) is 6. The van der Waals surface area contributed by atoms with Crippen LogP contribution in [0.25, 0.3) is 5.69 Å². The molecule has 10 heteroatoms. The molecule has 1 N–H and O–H groups in total. The first-order valence-electron chi connectivity index (χ1n) is 11.1. The van der Waals surface area contributed by atoms with Crippen molar-refractivity contribution in [2.75, 3.05) is 60.1 Å². The SMILES string of the molecule is COC1=CN=C(c2cccc(-n3cccn3)c2)NC1(N1CCOCC1)N1CCN(C)C(=O)C1. The number of likely N-dealkylation sites (N-methyl/N-ethyl adjacent to an activating group) is 1. The predicted molar refractivity (Wildman–Crippen MR) is 123 cm³/mol. The normalized spacial score (nSPS) is 24.8. The van der Waals surface area contributed by atoms with Gasteiger partial charge in [-0.05, 0) is 18.2 Å². The largest absolute Gasteiger partial charge is 0.494 e. The van der Waals surface area contributed by atoms with Gasteiger partial charge in [-0.25, -0.2) is 9.67 Å². The number of piperazine rings is 1.